The summed E-state index contributed by atoms with van der Waals surface area (Å²) in [7, 11) is 0. The van der Waals surface area contributed by atoms with Crippen LogP contribution in [0.3, 0.4) is 0 Å². The Morgan fingerprint density at radius 2 is 1.87 bits per heavy atom. The fraction of sp³-hybridized carbons (Fsp3) is 0.440. The molecule has 13 heteroatoms. The Bertz CT molecular complexity index is 1240. The second-order valence-corrected chi connectivity index (χ2v) is 9.25. The highest BCUT2D eigenvalue weighted by atomic mass is 19.4. The quantitative estimate of drug-likeness (QED) is 0.363. The van der Waals surface area contributed by atoms with Gasteiger partial charge in [-0.05, 0) is 45.6 Å². The Labute approximate surface area is 218 Å². The maximum Gasteiger partial charge on any atom is 0.420 e. The second-order valence-electron chi connectivity index (χ2n) is 9.25. The number of rotatable bonds is 7. The van der Waals surface area contributed by atoms with Crippen molar-refractivity contribution in [2.75, 3.05) is 23.3 Å². The zero-order chi connectivity index (χ0) is 28.0. The van der Waals surface area contributed by atoms with E-state index < -0.39 is 35.3 Å². The number of carbonyl (C=O) groups excluding carboxylic acids is 2. The summed E-state index contributed by atoms with van der Waals surface area (Å²) in [5.41, 5.74) is -0.530. The molecular formula is C25H30F3N7O3. The predicted octanol–water partition coefficient (Wildman–Crippen LogP) is 3.95. The molecule has 2 amide bonds. The highest BCUT2D eigenvalue weighted by Gasteiger charge is 2.34. The first-order valence-electron chi connectivity index (χ1n) is 12.0. The lowest BCUT2D eigenvalue weighted by atomic mass is 9.99. The van der Waals surface area contributed by atoms with Gasteiger partial charge in [0.15, 0.2) is 0 Å². The molecule has 0 aromatic carbocycles. The molecule has 0 saturated carbocycles. The average Bonchev–Trinajstić information content (AvgIpc) is 2.87. The van der Waals surface area contributed by atoms with E-state index in [0.29, 0.717) is 29.7 Å². The molecule has 3 N–H and O–H groups in total. The van der Waals surface area contributed by atoms with E-state index >= 15 is 0 Å². The third kappa shape index (κ3) is 7.49. The van der Waals surface area contributed by atoms with Crippen LogP contribution in [0.1, 0.15) is 56.6 Å². The number of amides is 2. The van der Waals surface area contributed by atoms with Crippen molar-refractivity contribution in [3.05, 3.63) is 47.7 Å². The summed E-state index contributed by atoms with van der Waals surface area (Å²) in [6.45, 7) is 8.74. The van der Waals surface area contributed by atoms with Crippen LogP contribution in [0.15, 0.2) is 41.4 Å². The Morgan fingerprint density at radius 3 is 2.53 bits per heavy atom. The van der Waals surface area contributed by atoms with E-state index in [9.17, 15) is 27.9 Å². The third-order valence-corrected chi connectivity index (χ3v) is 6.22. The Hall–Kier alpha value is -4.03. The average molecular weight is 534 g/mol. The van der Waals surface area contributed by atoms with Crippen LogP contribution in [0.2, 0.25) is 0 Å². The lowest BCUT2D eigenvalue weighted by Gasteiger charge is -2.31. The molecular weight excluding hydrogens is 503 g/mol. The highest BCUT2D eigenvalue weighted by Crippen LogP contribution is 2.36. The van der Waals surface area contributed by atoms with Crippen LogP contribution in [-0.4, -0.2) is 56.7 Å². The molecule has 10 nitrogen and oxygen atoms in total. The molecule has 3 heterocycles. The van der Waals surface area contributed by atoms with E-state index in [1.165, 1.54) is 19.5 Å². The summed E-state index contributed by atoms with van der Waals surface area (Å²) in [4.78, 5) is 43.4. The summed E-state index contributed by atoms with van der Waals surface area (Å²) in [5, 5.41) is 14.4. The normalized spacial score (nSPS) is 16.2. The van der Waals surface area contributed by atoms with Crippen molar-refractivity contribution < 1.29 is 27.9 Å². The summed E-state index contributed by atoms with van der Waals surface area (Å²) < 4.78 is 38.9. The fourth-order valence-corrected chi connectivity index (χ4v) is 3.58. The number of aromatic hydroxyl groups is 1. The van der Waals surface area contributed by atoms with Crippen LogP contribution in [0.25, 0.3) is 0 Å². The zero-order valence-corrected chi connectivity index (χ0v) is 21.5. The van der Waals surface area contributed by atoms with Crippen molar-refractivity contribution in [3.63, 3.8) is 0 Å². The summed E-state index contributed by atoms with van der Waals surface area (Å²) in [6, 6.07) is 1.69. The van der Waals surface area contributed by atoms with Crippen LogP contribution in [0, 0.1) is 5.92 Å². The third-order valence-electron chi connectivity index (χ3n) is 6.22. The van der Waals surface area contributed by atoms with Gasteiger partial charge in [0.1, 0.15) is 35.0 Å². The minimum absolute atomic E-state index is 0.0857. The molecule has 0 aliphatic carbocycles. The van der Waals surface area contributed by atoms with Gasteiger partial charge in [0, 0.05) is 36.6 Å². The molecule has 3 rings (SSSR count). The zero-order valence-electron chi connectivity index (χ0n) is 21.5. The second kappa shape index (κ2) is 12.0. The predicted molar refractivity (Wildman–Crippen MR) is 136 cm³/mol. The topological polar surface area (TPSA) is 133 Å². The molecule has 204 valence electrons. The molecule has 1 atom stereocenters. The lowest BCUT2D eigenvalue weighted by molar-refractivity contribution is -0.138. The maximum atomic E-state index is 13.0. The van der Waals surface area contributed by atoms with Gasteiger partial charge in [0.25, 0.3) is 11.8 Å². The standard InChI is InChI=1S/C25H30F3N7O3/c1-14-5-7-35(8-6-14)22-10-19(31-13-32-22)24(38)33-17(4)16(3)29-11-15(2)23(37)34-21-9-18(25(26,27)28)20(36)12-30-21/h9-14,17,36H,5-8H2,1-4H3,(H,33,38)(H,30,34,37)/b15-11+,29-16+. The van der Waals surface area contributed by atoms with Crippen molar-refractivity contribution in [1.29, 1.82) is 0 Å². The van der Waals surface area contributed by atoms with Gasteiger partial charge in [-0.25, -0.2) is 15.0 Å². The number of aliphatic imine (C=N–C) groups is 1. The molecule has 1 fully saturated rings. The number of carbonyl (C=O) groups is 2. The number of hydrogen-bond acceptors (Lipinski definition) is 8. The molecule has 2 aromatic heterocycles. The minimum Gasteiger partial charge on any atom is -0.506 e. The molecule has 0 bridgehead atoms. The molecule has 1 unspecified atom stereocenters. The summed E-state index contributed by atoms with van der Waals surface area (Å²) in [5.74, 6) is -1.20. The van der Waals surface area contributed by atoms with Crippen LogP contribution in [-0.2, 0) is 11.0 Å². The number of halogens is 3. The molecule has 1 saturated heterocycles. The van der Waals surface area contributed by atoms with Crippen molar-refractivity contribution in [2.45, 2.75) is 52.8 Å². The van der Waals surface area contributed by atoms with Gasteiger partial charge < -0.3 is 20.6 Å². The van der Waals surface area contributed by atoms with Gasteiger partial charge in [0.2, 0.25) is 0 Å². The lowest BCUT2D eigenvalue weighted by Crippen LogP contribution is -2.38. The number of piperidine rings is 1. The van der Waals surface area contributed by atoms with Crippen LogP contribution >= 0.6 is 0 Å². The fourth-order valence-electron chi connectivity index (χ4n) is 3.58. The van der Waals surface area contributed by atoms with Crippen molar-refractivity contribution in [3.8, 4) is 5.75 Å². The molecule has 1 aliphatic heterocycles. The maximum absolute atomic E-state index is 13.0. The SMILES string of the molecule is C/C(=C\N=C(/C)C(C)NC(=O)c1cc(N2CCC(C)CC2)ncn1)C(=O)Nc1cc(C(F)(F)F)c(O)cn1. The summed E-state index contributed by atoms with van der Waals surface area (Å²) in [6.07, 6.45) is 0.515. The van der Waals surface area contributed by atoms with Crippen molar-refractivity contribution >= 4 is 29.2 Å². The Morgan fingerprint density at radius 1 is 1.18 bits per heavy atom. The Balaban J connectivity index is 1.61. The van der Waals surface area contributed by atoms with Gasteiger partial charge in [-0.15, -0.1) is 0 Å². The van der Waals surface area contributed by atoms with E-state index in [-0.39, 0.29) is 17.1 Å². The van der Waals surface area contributed by atoms with Crippen LogP contribution < -0.4 is 15.5 Å². The largest absolute Gasteiger partial charge is 0.506 e. The van der Waals surface area contributed by atoms with Crippen molar-refractivity contribution in [1.82, 2.24) is 20.3 Å². The van der Waals surface area contributed by atoms with Gasteiger partial charge >= 0.3 is 6.18 Å². The molecule has 2 aromatic rings. The summed E-state index contributed by atoms with van der Waals surface area (Å²) >= 11 is 0. The van der Waals surface area contributed by atoms with E-state index in [2.05, 4.69) is 42.4 Å². The highest BCUT2D eigenvalue weighted by molar-refractivity contribution is 6.03. The van der Waals surface area contributed by atoms with E-state index in [4.69, 9.17) is 0 Å². The van der Waals surface area contributed by atoms with E-state index in [0.717, 1.165) is 25.9 Å². The molecule has 0 radical (unpaired) electrons. The number of pyridine rings is 1. The monoisotopic (exact) mass is 533 g/mol. The first kappa shape index (κ1) is 28.5. The van der Waals surface area contributed by atoms with Gasteiger partial charge in [-0.3, -0.25) is 14.6 Å². The van der Waals surface area contributed by atoms with E-state index in [1.54, 1.807) is 19.9 Å². The first-order chi connectivity index (χ1) is 17.8. The number of alkyl halides is 3. The molecule has 38 heavy (non-hydrogen) atoms. The van der Waals surface area contributed by atoms with Crippen LogP contribution in [0.4, 0.5) is 24.8 Å². The van der Waals surface area contributed by atoms with Gasteiger partial charge in [0.05, 0.1) is 12.2 Å². The number of nitrogens with zero attached hydrogens (tertiary/aromatic N) is 5. The van der Waals surface area contributed by atoms with Crippen LogP contribution in [0.5, 0.6) is 5.75 Å². The smallest absolute Gasteiger partial charge is 0.420 e. The Kier molecular flexibility index (Phi) is 9.02. The number of hydrogen-bond donors (Lipinski definition) is 3. The van der Waals surface area contributed by atoms with Crippen molar-refractivity contribution in [2.24, 2.45) is 10.9 Å². The number of anilines is 2. The number of aromatic nitrogens is 3. The van der Waals surface area contributed by atoms with Gasteiger partial charge in [-0.1, -0.05) is 6.92 Å². The minimum atomic E-state index is -4.81. The molecule has 1 aliphatic rings. The molecule has 0 spiro atoms. The first-order valence-corrected chi connectivity index (χ1v) is 12.0. The van der Waals surface area contributed by atoms with E-state index in [1.807, 2.05) is 0 Å². The van der Waals surface area contributed by atoms with Gasteiger partial charge in [-0.2, -0.15) is 13.2 Å². The number of nitrogens with one attached hydrogen (secondary N) is 2.